The van der Waals surface area contributed by atoms with Crippen LogP contribution in [0.1, 0.15) is 25.0 Å². The maximum absolute atomic E-state index is 5.76. The zero-order valence-electron chi connectivity index (χ0n) is 8.03. The summed E-state index contributed by atoms with van der Waals surface area (Å²) in [4.78, 5) is 0. The molecule has 0 radical (unpaired) electrons. The third-order valence-electron chi connectivity index (χ3n) is 2.88. The highest BCUT2D eigenvalue weighted by Gasteiger charge is 2.36. The Balaban J connectivity index is 1.91. The van der Waals surface area contributed by atoms with E-state index in [-0.39, 0.29) is 0 Å². The fourth-order valence-corrected chi connectivity index (χ4v) is 1.81. The quantitative estimate of drug-likeness (QED) is 0.787. The van der Waals surface area contributed by atoms with Gasteiger partial charge < -0.3 is 4.42 Å². The van der Waals surface area contributed by atoms with Gasteiger partial charge >= 0.3 is 0 Å². The van der Waals surface area contributed by atoms with Crippen LogP contribution >= 0.6 is 0 Å². The summed E-state index contributed by atoms with van der Waals surface area (Å²) in [7, 11) is 0. The highest BCUT2D eigenvalue weighted by Crippen LogP contribution is 2.47. The van der Waals surface area contributed by atoms with Crippen LogP contribution in [0, 0.1) is 5.92 Å². The minimum Gasteiger partial charge on any atom is -0.461 e. The summed E-state index contributed by atoms with van der Waals surface area (Å²) >= 11 is 0. The van der Waals surface area contributed by atoms with Gasteiger partial charge in [0.2, 0.25) is 0 Å². The lowest BCUT2D eigenvalue weighted by atomic mass is 10.2. The van der Waals surface area contributed by atoms with Crippen molar-refractivity contribution in [2.45, 2.75) is 19.3 Å². The zero-order valence-corrected chi connectivity index (χ0v) is 8.03. The molecule has 1 fully saturated rings. The summed E-state index contributed by atoms with van der Waals surface area (Å²) in [6.07, 6.45) is 4.89. The van der Waals surface area contributed by atoms with Gasteiger partial charge in [-0.05, 0) is 24.5 Å². The van der Waals surface area contributed by atoms with Crippen molar-refractivity contribution in [3.05, 3.63) is 30.3 Å². The average molecular weight is 188 g/mol. The second-order valence-corrected chi connectivity index (χ2v) is 4.01. The lowest BCUT2D eigenvalue weighted by molar-refractivity contribution is 0.518. The second-order valence-electron chi connectivity index (χ2n) is 4.01. The summed E-state index contributed by atoms with van der Waals surface area (Å²) < 4.78 is 5.76. The molecule has 1 N–H and O–H groups in total. The molecular formula is C11H12N2O. The molecule has 3 heteroatoms. The van der Waals surface area contributed by atoms with Gasteiger partial charge in [-0.3, -0.25) is 5.10 Å². The third-order valence-corrected chi connectivity index (χ3v) is 2.88. The van der Waals surface area contributed by atoms with Crippen LogP contribution < -0.4 is 0 Å². The molecule has 2 aromatic rings. The van der Waals surface area contributed by atoms with Crippen LogP contribution in [0.2, 0.25) is 0 Å². The molecule has 3 nitrogen and oxygen atoms in total. The number of aromatic amines is 1. The molecule has 1 saturated carbocycles. The van der Waals surface area contributed by atoms with Crippen molar-refractivity contribution in [2.24, 2.45) is 5.92 Å². The fraction of sp³-hybridized carbons (Fsp3) is 0.364. The first-order chi connectivity index (χ1) is 6.84. The molecule has 1 aliphatic carbocycles. The van der Waals surface area contributed by atoms with E-state index in [1.807, 2.05) is 12.3 Å². The van der Waals surface area contributed by atoms with E-state index < -0.39 is 0 Å². The molecular weight excluding hydrogens is 176 g/mol. The van der Waals surface area contributed by atoms with Crippen LogP contribution in [-0.4, -0.2) is 10.2 Å². The van der Waals surface area contributed by atoms with Gasteiger partial charge in [0, 0.05) is 12.1 Å². The minimum atomic E-state index is 0.649. The summed E-state index contributed by atoms with van der Waals surface area (Å²) in [5.41, 5.74) is 1.02. The van der Waals surface area contributed by atoms with E-state index in [1.54, 1.807) is 6.20 Å². The molecule has 2 heterocycles. The van der Waals surface area contributed by atoms with E-state index in [2.05, 4.69) is 23.2 Å². The van der Waals surface area contributed by atoms with Crippen molar-refractivity contribution in [3.8, 4) is 11.3 Å². The molecule has 0 aliphatic heterocycles. The van der Waals surface area contributed by atoms with Crippen LogP contribution in [0.5, 0.6) is 0 Å². The first kappa shape index (κ1) is 7.85. The average Bonchev–Trinajstić information content (AvgIpc) is 2.72. The number of rotatable bonds is 2. The predicted molar refractivity (Wildman–Crippen MR) is 52.8 cm³/mol. The Bertz CT molecular complexity index is 430. The molecule has 14 heavy (non-hydrogen) atoms. The molecule has 3 rings (SSSR count). The summed E-state index contributed by atoms with van der Waals surface area (Å²) in [6, 6.07) is 4.10. The highest BCUT2D eigenvalue weighted by atomic mass is 16.3. The van der Waals surface area contributed by atoms with Gasteiger partial charge in [-0.15, -0.1) is 0 Å². The van der Waals surface area contributed by atoms with Crippen molar-refractivity contribution < 1.29 is 4.42 Å². The van der Waals surface area contributed by atoms with Crippen LogP contribution in [-0.2, 0) is 0 Å². The van der Waals surface area contributed by atoms with Crippen LogP contribution in [0.3, 0.4) is 0 Å². The lowest BCUT2D eigenvalue weighted by Crippen LogP contribution is -1.73. The van der Waals surface area contributed by atoms with Gasteiger partial charge in [0.05, 0.1) is 11.8 Å². The van der Waals surface area contributed by atoms with E-state index in [0.717, 1.165) is 23.0 Å². The van der Waals surface area contributed by atoms with Gasteiger partial charge in [0.1, 0.15) is 11.5 Å². The molecule has 1 aliphatic rings. The maximum atomic E-state index is 5.76. The Morgan fingerprint density at radius 1 is 1.50 bits per heavy atom. The molecule has 0 bridgehead atoms. The van der Waals surface area contributed by atoms with Gasteiger partial charge in [0.15, 0.2) is 0 Å². The Morgan fingerprint density at radius 3 is 3.00 bits per heavy atom. The van der Waals surface area contributed by atoms with E-state index in [0.29, 0.717) is 5.92 Å². The summed E-state index contributed by atoms with van der Waals surface area (Å²) in [5, 5.41) is 6.68. The van der Waals surface area contributed by atoms with Gasteiger partial charge in [-0.2, -0.15) is 5.10 Å². The van der Waals surface area contributed by atoms with Crippen molar-refractivity contribution in [1.82, 2.24) is 10.2 Å². The first-order valence-corrected chi connectivity index (χ1v) is 4.93. The van der Waals surface area contributed by atoms with Gasteiger partial charge in [-0.25, -0.2) is 0 Å². The maximum Gasteiger partial charge on any atom is 0.137 e. The predicted octanol–water partition coefficient (Wildman–Crippen LogP) is 2.79. The first-order valence-electron chi connectivity index (χ1n) is 4.93. The Hall–Kier alpha value is -1.51. The van der Waals surface area contributed by atoms with Crippen LogP contribution in [0.4, 0.5) is 0 Å². The van der Waals surface area contributed by atoms with Crippen molar-refractivity contribution in [3.63, 3.8) is 0 Å². The molecule has 72 valence electrons. The molecule has 2 unspecified atom stereocenters. The van der Waals surface area contributed by atoms with Crippen molar-refractivity contribution in [1.29, 1.82) is 0 Å². The standard InChI is InChI=1S/C11H12N2O/c1-7-4-9(7)11-3-2-10(14-11)8-5-12-13-6-8/h2-3,5-7,9H,4H2,1H3,(H,12,13). The Morgan fingerprint density at radius 2 is 2.36 bits per heavy atom. The normalized spacial score (nSPS) is 25.2. The topological polar surface area (TPSA) is 41.8 Å². The van der Waals surface area contributed by atoms with Crippen molar-refractivity contribution >= 4 is 0 Å². The minimum absolute atomic E-state index is 0.649. The third kappa shape index (κ3) is 1.16. The number of nitrogens with one attached hydrogen (secondary N) is 1. The highest BCUT2D eigenvalue weighted by molar-refractivity contribution is 5.55. The fourth-order valence-electron chi connectivity index (χ4n) is 1.81. The van der Waals surface area contributed by atoms with E-state index >= 15 is 0 Å². The number of furan rings is 1. The largest absolute Gasteiger partial charge is 0.461 e. The van der Waals surface area contributed by atoms with E-state index in [4.69, 9.17) is 4.42 Å². The molecule has 0 aromatic carbocycles. The summed E-state index contributed by atoms with van der Waals surface area (Å²) in [6.45, 7) is 2.25. The number of H-pyrrole nitrogens is 1. The number of nitrogens with zero attached hydrogens (tertiary/aromatic N) is 1. The molecule has 0 amide bonds. The molecule has 0 spiro atoms. The molecule has 2 aromatic heterocycles. The number of hydrogen-bond acceptors (Lipinski definition) is 2. The molecule has 2 atom stereocenters. The van der Waals surface area contributed by atoms with Crippen molar-refractivity contribution in [2.75, 3.05) is 0 Å². The van der Waals surface area contributed by atoms with E-state index in [1.165, 1.54) is 6.42 Å². The summed E-state index contributed by atoms with van der Waals surface area (Å²) in [5.74, 6) is 3.47. The Kier molecular flexibility index (Phi) is 1.54. The monoisotopic (exact) mass is 188 g/mol. The SMILES string of the molecule is CC1CC1c1ccc(-c2cn[nH]c2)o1. The Labute approximate surface area is 82.1 Å². The van der Waals surface area contributed by atoms with Gasteiger partial charge in [-0.1, -0.05) is 6.92 Å². The van der Waals surface area contributed by atoms with E-state index in [9.17, 15) is 0 Å². The zero-order chi connectivity index (χ0) is 9.54. The second kappa shape index (κ2) is 2.74. The lowest BCUT2D eigenvalue weighted by Gasteiger charge is -1.91. The number of aromatic nitrogens is 2. The van der Waals surface area contributed by atoms with Crippen LogP contribution in [0.15, 0.2) is 28.9 Å². The van der Waals surface area contributed by atoms with Gasteiger partial charge in [0.25, 0.3) is 0 Å². The molecule has 0 saturated heterocycles. The van der Waals surface area contributed by atoms with Crippen LogP contribution in [0.25, 0.3) is 11.3 Å². The number of hydrogen-bond donors (Lipinski definition) is 1. The smallest absolute Gasteiger partial charge is 0.137 e.